The highest BCUT2D eigenvalue weighted by Gasteiger charge is 2.40. The number of halogens is 1. The maximum atomic E-state index is 13.4. The molecule has 0 spiro atoms. The molecule has 21 heavy (non-hydrogen) atoms. The zero-order valence-electron chi connectivity index (χ0n) is 12.3. The molecule has 0 bridgehead atoms. The van der Waals surface area contributed by atoms with Crippen LogP contribution in [0.3, 0.4) is 0 Å². The lowest BCUT2D eigenvalue weighted by Crippen LogP contribution is -2.41. The first kappa shape index (κ1) is 14.2. The van der Waals surface area contributed by atoms with Gasteiger partial charge in [0.1, 0.15) is 11.6 Å². The Kier molecular flexibility index (Phi) is 3.79. The van der Waals surface area contributed by atoms with Crippen LogP contribution in [0, 0.1) is 18.7 Å². The second kappa shape index (κ2) is 5.58. The molecule has 2 aliphatic rings. The highest BCUT2D eigenvalue weighted by Crippen LogP contribution is 2.34. The lowest BCUT2D eigenvalue weighted by molar-refractivity contribution is -0.121. The standard InChI is InChI=1S/C17H20FNO2/c1-11-7-8-12(18)10-14(11)17(21)19-9-3-5-15(19)13-4-2-6-16(13)20/h7-8,10,13,15H,2-6,9H2,1H3. The number of hydrogen-bond acceptors (Lipinski definition) is 2. The van der Waals surface area contributed by atoms with Gasteiger partial charge in [-0.3, -0.25) is 9.59 Å². The lowest BCUT2D eigenvalue weighted by atomic mass is 9.94. The number of benzene rings is 1. The third kappa shape index (κ3) is 2.59. The first-order valence-electron chi connectivity index (χ1n) is 7.68. The number of Topliss-reactive ketones (excluding diaryl/α,β-unsaturated/α-hetero) is 1. The first-order chi connectivity index (χ1) is 10.1. The van der Waals surface area contributed by atoms with Gasteiger partial charge < -0.3 is 4.90 Å². The van der Waals surface area contributed by atoms with Gasteiger partial charge in [-0.05, 0) is 50.3 Å². The van der Waals surface area contributed by atoms with Crippen LogP contribution >= 0.6 is 0 Å². The van der Waals surface area contributed by atoms with Crippen molar-refractivity contribution in [2.45, 2.75) is 45.1 Å². The summed E-state index contributed by atoms with van der Waals surface area (Å²) in [6.07, 6.45) is 4.27. The summed E-state index contributed by atoms with van der Waals surface area (Å²) in [6, 6.07) is 4.32. The Morgan fingerprint density at radius 2 is 2.10 bits per heavy atom. The summed E-state index contributed by atoms with van der Waals surface area (Å²) in [7, 11) is 0. The van der Waals surface area contributed by atoms with Crippen molar-refractivity contribution >= 4 is 11.7 Å². The molecule has 112 valence electrons. The zero-order valence-corrected chi connectivity index (χ0v) is 12.3. The van der Waals surface area contributed by atoms with E-state index in [2.05, 4.69) is 0 Å². The van der Waals surface area contributed by atoms with E-state index in [4.69, 9.17) is 0 Å². The molecular formula is C17H20FNO2. The number of likely N-dealkylation sites (tertiary alicyclic amines) is 1. The Morgan fingerprint density at radius 3 is 2.81 bits per heavy atom. The molecule has 1 saturated carbocycles. The van der Waals surface area contributed by atoms with Crippen LogP contribution in [-0.2, 0) is 4.79 Å². The summed E-state index contributed by atoms with van der Waals surface area (Å²) in [5, 5.41) is 0. The molecule has 4 heteroatoms. The van der Waals surface area contributed by atoms with Crippen molar-refractivity contribution in [1.82, 2.24) is 4.90 Å². The monoisotopic (exact) mass is 289 g/mol. The number of nitrogens with zero attached hydrogens (tertiary/aromatic N) is 1. The molecule has 3 rings (SSSR count). The van der Waals surface area contributed by atoms with Crippen molar-refractivity contribution in [3.8, 4) is 0 Å². The van der Waals surface area contributed by atoms with E-state index in [1.807, 2.05) is 6.92 Å². The SMILES string of the molecule is Cc1ccc(F)cc1C(=O)N1CCCC1C1CCCC1=O. The van der Waals surface area contributed by atoms with Gasteiger partial charge in [0.15, 0.2) is 0 Å². The molecule has 0 radical (unpaired) electrons. The molecule has 1 aliphatic heterocycles. The first-order valence-corrected chi connectivity index (χ1v) is 7.68. The minimum Gasteiger partial charge on any atom is -0.335 e. The van der Waals surface area contributed by atoms with Gasteiger partial charge >= 0.3 is 0 Å². The molecule has 0 N–H and O–H groups in total. The van der Waals surface area contributed by atoms with E-state index in [1.165, 1.54) is 12.1 Å². The Bertz CT molecular complexity index is 584. The van der Waals surface area contributed by atoms with E-state index >= 15 is 0 Å². The molecule has 1 aromatic rings. The number of aryl methyl sites for hydroxylation is 1. The number of carbonyl (C=O) groups excluding carboxylic acids is 2. The average molecular weight is 289 g/mol. The molecular weight excluding hydrogens is 269 g/mol. The van der Waals surface area contributed by atoms with E-state index in [0.29, 0.717) is 18.5 Å². The number of ketones is 1. The minimum atomic E-state index is -0.392. The van der Waals surface area contributed by atoms with Crippen LogP contribution in [0.4, 0.5) is 4.39 Å². The second-order valence-corrected chi connectivity index (χ2v) is 6.13. The third-order valence-corrected chi connectivity index (χ3v) is 4.81. The summed E-state index contributed by atoms with van der Waals surface area (Å²) in [5.74, 6) is -0.244. The fraction of sp³-hybridized carbons (Fsp3) is 0.529. The molecule has 1 heterocycles. The normalized spacial score (nSPS) is 25.6. The van der Waals surface area contributed by atoms with Crippen molar-refractivity contribution < 1.29 is 14.0 Å². The molecule has 1 aliphatic carbocycles. The molecule has 2 fully saturated rings. The zero-order chi connectivity index (χ0) is 15.0. The van der Waals surface area contributed by atoms with E-state index in [1.54, 1.807) is 11.0 Å². The predicted molar refractivity (Wildman–Crippen MR) is 77.5 cm³/mol. The second-order valence-electron chi connectivity index (χ2n) is 6.13. The topological polar surface area (TPSA) is 37.4 Å². The Labute approximate surface area is 124 Å². The minimum absolute atomic E-state index is 0.00897. The predicted octanol–water partition coefficient (Wildman–Crippen LogP) is 3.11. The van der Waals surface area contributed by atoms with Gasteiger partial charge in [0.25, 0.3) is 5.91 Å². The van der Waals surface area contributed by atoms with Crippen LogP contribution in [-0.4, -0.2) is 29.2 Å². The number of amides is 1. The third-order valence-electron chi connectivity index (χ3n) is 4.81. The fourth-order valence-corrected chi connectivity index (χ4v) is 3.69. The fourth-order valence-electron chi connectivity index (χ4n) is 3.69. The van der Waals surface area contributed by atoms with E-state index in [-0.39, 0.29) is 23.7 Å². The van der Waals surface area contributed by atoms with Gasteiger partial charge in [0, 0.05) is 30.5 Å². The average Bonchev–Trinajstić information content (AvgIpc) is 3.08. The number of hydrogen-bond donors (Lipinski definition) is 0. The maximum absolute atomic E-state index is 13.4. The Balaban J connectivity index is 1.86. The number of carbonyl (C=O) groups is 2. The Morgan fingerprint density at radius 1 is 1.29 bits per heavy atom. The van der Waals surface area contributed by atoms with Gasteiger partial charge in [0.2, 0.25) is 0 Å². The van der Waals surface area contributed by atoms with Crippen molar-refractivity contribution in [3.05, 3.63) is 35.1 Å². The van der Waals surface area contributed by atoms with Crippen LogP contribution in [0.5, 0.6) is 0 Å². The van der Waals surface area contributed by atoms with E-state index in [0.717, 1.165) is 31.2 Å². The highest BCUT2D eigenvalue weighted by atomic mass is 19.1. The summed E-state index contributed by atoms with van der Waals surface area (Å²) >= 11 is 0. The summed E-state index contributed by atoms with van der Waals surface area (Å²) in [6.45, 7) is 2.49. The van der Waals surface area contributed by atoms with Crippen molar-refractivity contribution in [2.24, 2.45) is 5.92 Å². The van der Waals surface area contributed by atoms with Crippen LogP contribution in [0.25, 0.3) is 0 Å². The van der Waals surface area contributed by atoms with Crippen molar-refractivity contribution in [1.29, 1.82) is 0 Å². The quantitative estimate of drug-likeness (QED) is 0.839. The van der Waals surface area contributed by atoms with Gasteiger partial charge in [-0.1, -0.05) is 6.07 Å². The van der Waals surface area contributed by atoms with E-state index < -0.39 is 5.82 Å². The Hall–Kier alpha value is -1.71. The summed E-state index contributed by atoms with van der Waals surface area (Å²) < 4.78 is 13.4. The molecule has 2 atom stereocenters. The van der Waals surface area contributed by atoms with Crippen molar-refractivity contribution in [3.63, 3.8) is 0 Å². The van der Waals surface area contributed by atoms with Crippen molar-refractivity contribution in [2.75, 3.05) is 6.54 Å². The molecule has 1 aromatic carbocycles. The molecule has 3 nitrogen and oxygen atoms in total. The van der Waals surface area contributed by atoms with Gasteiger partial charge in [-0.15, -0.1) is 0 Å². The number of rotatable bonds is 2. The van der Waals surface area contributed by atoms with Crippen LogP contribution < -0.4 is 0 Å². The summed E-state index contributed by atoms with van der Waals surface area (Å²) in [4.78, 5) is 26.5. The molecule has 1 amide bonds. The van der Waals surface area contributed by atoms with Gasteiger partial charge in [0.05, 0.1) is 0 Å². The highest BCUT2D eigenvalue weighted by molar-refractivity contribution is 5.96. The van der Waals surface area contributed by atoms with Crippen LogP contribution in [0.15, 0.2) is 18.2 Å². The largest absolute Gasteiger partial charge is 0.335 e. The molecule has 2 unspecified atom stereocenters. The maximum Gasteiger partial charge on any atom is 0.254 e. The van der Waals surface area contributed by atoms with E-state index in [9.17, 15) is 14.0 Å². The van der Waals surface area contributed by atoms with Gasteiger partial charge in [-0.2, -0.15) is 0 Å². The molecule has 1 saturated heterocycles. The smallest absolute Gasteiger partial charge is 0.254 e. The summed E-state index contributed by atoms with van der Waals surface area (Å²) in [5.41, 5.74) is 1.21. The van der Waals surface area contributed by atoms with Gasteiger partial charge in [-0.25, -0.2) is 4.39 Å². The van der Waals surface area contributed by atoms with Crippen LogP contribution in [0.1, 0.15) is 48.0 Å². The molecule has 0 aromatic heterocycles. The lowest BCUT2D eigenvalue weighted by Gasteiger charge is -2.29. The van der Waals surface area contributed by atoms with Crippen LogP contribution in [0.2, 0.25) is 0 Å².